The molecule has 1 fully saturated rings. The highest BCUT2D eigenvalue weighted by atomic mass is 16.5. The molecule has 0 aliphatic carbocycles. The minimum atomic E-state index is -1.21. The number of carbonyl (C=O) groups excluding carboxylic acids is 5. The number of aliphatic carboxylic acids is 1. The molecule has 16 heteroatoms. The van der Waals surface area contributed by atoms with Crippen molar-refractivity contribution in [3.05, 3.63) is 35.9 Å². The van der Waals surface area contributed by atoms with Crippen molar-refractivity contribution in [1.82, 2.24) is 30.7 Å². The molecule has 1 heterocycles. The highest BCUT2D eigenvalue weighted by Crippen LogP contribution is 2.30. The van der Waals surface area contributed by atoms with Crippen LogP contribution in [0.25, 0.3) is 0 Å². The minimum Gasteiger partial charge on any atom is -0.481 e. The number of nitrogens with zero attached hydrogens (tertiary/aromatic N) is 3. The summed E-state index contributed by atoms with van der Waals surface area (Å²) in [7, 11) is 6.45. The van der Waals surface area contributed by atoms with Crippen molar-refractivity contribution in [3.8, 4) is 0 Å². The fraction of sp³-hybridized carbons (Fsp3) is 0.733. The van der Waals surface area contributed by atoms with Crippen molar-refractivity contribution in [2.75, 3.05) is 41.4 Å². The fourth-order valence-electron chi connectivity index (χ4n) is 8.49. The Balaban J connectivity index is 2.25. The number of methoxy groups -OCH3 is 2. The first kappa shape index (κ1) is 53.0. The van der Waals surface area contributed by atoms with Crippen LogP contribution in [-0.2, 0) is 44.8 Å². The Morgan fingerprint density at radius 2 is 1.49 bits per heavy atom. The molecule has 0 spiro atoms. The third kappa shape index (κ3) is 15.3. The molecule has 61 heavy (non-hydrogen) atoms. The van der Waals surface area contributed by atoms with Gasteiger partial charge in [0.2, 0.25) is 29.5 Å². The average Bonchev–Trinajstić information content (AvgIpc) is 3.70. The van der Waals surface area contributed by atoms with Crippen LogP contribution in [-0.4, -0.2) is 150 Å². The van der Waals surface area contributed by atoms with Crippen LogP contribution in [0.5, 0.6) is 0 Å². The zero-order chi connectivity index (χ0) is 46.1. The molecule has 1 saturated heterocycles. The van der Waals surface area contributed by atoms with E-state index < -0.39 is 72.2 Å². The summed E-state index contributed by atoms with van der Waals surface area (Å²) in [5.41, 5.74) is 0.866. The number of aliphatic hydroxyl groups is 1. The summed E-state index contributed by atoms with van der Waals surface area (Å²) in [5, 5.41) is 28.1. The van der Waals surface area contributed by atoms with E-state index in [0.717, 1.165) is 5.56 Å². The number of likely N-dealkylation sites (tertiary alicyclic amines) is 1. The van der Waals surface area contributed by atoms with Crippen LogP contribution >= 0.6 is 0 Å². The Kier molecular flexibility index (Phi) is 22.4. The number of carboxylic acid groups (broad SMARTS) is 1. The first-order valence-corrected chi connectivity index (χ1v) is 21.9. The number of benzene rings is 1. The van der Waals surface area contributed by atoms with Gasteiger partial charge in [0.25, 0.3) is 0 Å². The van der Waals surface area contributed by atoms with Crippen molar-refractivity contribution in [1.29, 1.82) is 0 Å². The van der Waals surface area contributed by atoms with E-state index in [0.29, 0.717) is 38.8 Å². The lowest BCUT2D eigenvalue weighted by atomic mass is 9.89. The molecule has 346 valence electrons. The Hall–Kier alpha value is -4.12. The number of rotatable bonds is 26. The molecule has 10 atom stereocenters. The van der Waals surface area contributed by atoms with Crippen molar-refractivity contribution in [3.63, 3.8) is 0 Å². The Bertz CT molecular complexity index is 1560. The van der Waals surface area contributed by atoms with Crippen LogP contribution in [0.1, 0.15) is 99.5 Å². The summed E-state index contributed by atoms with van der Waals surface area (Å²) >= 11 is 0. The number of hydrogen-bond acceptors (Lipinski definition) is 10. The third-order valence-electron chi connectivity index (χ3n) is 12.1. The molecular weight excluding hydrogens is 785 g/mol. The van der Waals surface area contributed by atoms with Crippen molar-refractivity contribution >= 4 is 35.5 Å². The Labute approximate surface area is 363 Å². The molecule has 1 aliphatic rings. The molecule has 5 N–H and O–H groups in total. The quantitative estimate of drug-likeness (QED) is 0.0916. The van der Waals surface area contributed by atoms with Crippen molar-refractivity contribution in [2.24, 2.45) is 23.7 Å². The average molecular weight is 861 g/mol. The lowest BCUT2D eigenvalue weighted by Gasteiger charge is -2.41. The van der Waals surface area contributed by atoms with Gasteiger partial charge >= 0.3 is 5.97 Å². The zero-order valence-electron chi connectivity index (χ0n) is 38.7. The van der Waals surface area contributed by atoms with Gasteiger partial charge in [-0.25, -0.2) is 0 Å². The molecule has 0 radical (unpaired) electrons. The minimum absolute atomic E-state index is 0.0147. The molecule has 5 amide bonds. The first-order chi connectivity index (χ1) is 28.7. The van der Waals surface area contributed by atoms with E-state index in [9.17, 15) is 33.9 Å². The van der Waals surface area contributed by atoms with Crippen LogP contribution in [0, 0.1) is 23.7 Å². The number of amides is 5. The van der Waals surface area contributed by atoms with E-state index in [4.69, 9.17) is 14.6 Å². The predicted octanol–water partition coefficient (Wildman–Crippen LogP) is 3.05. The number of carbonyl (C=O) groups is 6. The van der Waals surface area contributed by atoms with Gasteiger partial charge in [-0.3, -0.25) is 33.7 Å². The second-order valence-electron chi connectivity index (χ2n) is 17.4. The number of aliphatic hydroxyl groups excluding tert-OH is 1. The third-order valence-corrected chi connectivity index (χ3v) is 12.1. The van der Waals surface area contributed by atoms with Gasteiger partial charge in [0.05, 0.1) is 48.8 Å². The zero-order valence-corrected chi connectivity index (χ0v) is 38.7. The number of carboxylic acids is 1. The van der Waals surface area contributed by atoms with Gasteiger partial charge in [-0.2, -0.15) is 0 Å². The molecule has 0 aromatic heterocycles. The SMILES string of the molecule is CC[C@H](C)C([C@@H](CC(=O)N1CCC[C@H]1[C@H](OC)[C@@H](C)C(=O)N[C@H](C(=O)NCc1ccccc1)C(C)O)OC)N(C)C(=O)[C@@H](NC(=O)[C@H](C(C)C)N(C)CCCC(=O)O)C(C)C. The lowest BCUT2D eigenvalue weighted by molar-refractivity contribution is -0.148. The monoisotopic (exact) mass is 861 g/mol. The highest BCUT2D eigenvalue weighted by molar-refractivity contribution is 5.91. The van der Waals surface area contributed by atoms with Gasteiger partial charge in [-0.15, -0.1) is 0 Å². The van der Waals surface area contributed by atoms with Gasteiger partial charge in [0.15, 0.2) is 0 Å². The number of likely N-dealkylation sites (N-methyl/N-ethyl adjacent to an activating group) is 2. The van der Waals surface area contributed by atoms with Crippen LogP contribution in [0.15, 0.2) is 30.3 Å². The molecule has 0 saturated carbocycles. The highest BCUT2D eigenvalue weighted by Gasteiger charge is 2.44. The largest absolute Gasteiger partial charge is 0.481 e. The molecule has 1 aliphatic heterocycles. The van der Waals surface area contributed by atoms with Crippen LogP contribution in [0.3, 0.4) is 0 Å². The maximum atomic E-state index is 14.4. The molecule has 16 nitrogen and oxygen atoms in total. The molecule has 2 unspecified atom stereocenters. The number of ether oxygens (including phenoxy) is 2. The van der Waals surface area contributed by atoms with E-state index in [1.165, 1.54) is 21.1 Å². The summed E-state index contributed by atoms with van der Waals surface area (Å²) in [6.07, 6.45) is -0.394. The Morgan fingerprint density at radius 1 is 0.869 bits per heavy atom. The lowest BCUT2D eigenvalue weighted by Crippen LogP contribution is -2.60. The predicted molar refractivity (Wildman–Crippen MR) is 233 cm³/mol. The van der Waals surface area contributed by atoms with Crippen LogP contribution < -0.4 is 16.0 Å². The fourth-order valence-corrected chi connectivity index (χ4v) is 8.49. The number of nitrogens with one attached hydrogen (secondary N) is 3. The van der Waals surface area contributed by atoms with Gasteiger partial charge < -0.3 is 45.4 Å². The van der Waals surface area contributed by atoms with Gasteiger partial charge in [-0.1, -0.05) is 85.2 Å². The summed E-state index contributed by atoms with van der Waals surface area (Å²) in [6.45, 7) is 15.7. The summed E-state index contributed by atoms with van der Waals surface area (Å²) in [4.78, 5) is 85.6. The smallest absolute Gasteiger partial charge is 0.303 e. The summed E-state index contributed by atoms with van der Waals surface area (Å²) in [6, 6.07) is 5.59. The van der Waals surface area contributed by atoms with Gasteiger partial charge in [0.1, 0.15) is 12.1 Å². The number of hydrogen-bond donors (Lipinski definition) is 5. The van der Waals surface area contributed by atoms with Gasteiger partial charge in [0, 0.05) is 40.8 Å². The van der Waals surface area contributed by atoms with E-state index in [-0.39, 0.29) is 54.9 Å². The molecule has 1 aromatic carbocycles. The molecular formula is C45H76N6O10. The van der Waals surface area contributed by atoms with E-state index in [2.05, 4.69) is 16.0 Å². The molecule has 2 rings (SSSR count). The van der Waals surface area contributed by atoms with E-state index in [1.807, 2.05) is 76.8 Å². The summed E-state index contributed by atoms with van der Waals surface area (Å²) < 4.78 is 11.9. The summed E-state index contributed by atoms with van der Waals surface area (Å²) in [5.74, 6) is -4.10. The standard InChI is InChI=1S/C45H76N6O10/c1-13-29(6)40(50(10)45(59)37(27(2)3)47-44(58)39(28(4)5)49(9)23-18-22-36(54)55)34(60-11)25-35(53)51-24-17-21-33(51)41(61-12)30(7)42(56)48-38(31(8)52)43(57)46-26-32-19-15-14-16-20-32/h14-16,19-20,27-31,33-34,37-41,52H,13,17-18,21-26H2,1-12H3,(H,46,57)(H,47,58)(H,48,56)(H,54,55)/t29-,30+,31?,33-,34+,37-,38-,39-,40?,41+/m0/s1. The maximum Gasteiger partial charge on any atom is 0.303 e. The second-order valence-corrected chi connectivity index (χ2v) is 17.4. The van der Waals surface area contributed by atoms with Crippen molar-refractivity contribution < 1.29 is 48.5 Å². The van der Waals surface area contributed by atoms with Crippen LogP contribution in [0.2, 0.25) is 0 Å². The van der Waals surface area contributed by atoms with E-state index >= 15 is 0 Å². The second kappa shape index (κ2) is 25.7. The molecule has 0 bridgehead atoms. The first-order valence-electron chi connectivity index (χ1n) is 21.9. The van der Waals surface area contributed by atoms with E-state index in [1.54, 1.807) is 30.8 Å². The normalized spacial score (nSPS) is 18.7. The van der Waals surface area contributed by atoms with Gasteiger partial charge in [-0.05, 0) is 63.1 Å². The van der Waals surface area contributed by atoms with Crippen LogP contribution in [0.4, 0.5) is 0 Å². The van der Waals surface area contributed by atoms with Crippen molar-refractivity contribution in [2.45, 2.75) is 149 Å². The Morgan fingerprint density at radius 3 is 2.02 bits per heavy atom. The topological polar surface area (TPSA) is 207 Å². The molecule has 1 aromatic rings. The maximum absolute atomic E-state index is 14.4.